The van der Waals surface area contributed by atoms with E-state index in [0.29, 0.717) is 12.4 Å². The van der Waals surface area contributed by atoms with Gasteiger partial charge < -0.3 is 15.4 Å². The van der Waals surface area contributed by atoms with Crippen LogP contribution in [0.25, 0.3) is 0 Å². The van der Waals surface area contributed by atoms with E-state index in [-0.39, 0.29) is 5.54 Å². The quantitative estimate of drug-likeness (QED) is 0.790. The summed E-state index contributed by atoms with van der Waals surface area (Å²) < 4.78 is 5.02. The van der Waals surface area contributed by atoms with Crippen molar-refractivity contribution in [2.24, 2.45) is 5.73 Å². The first kappa shape index (κ1) is 11.7. The summed E-state index contributed by atoms with van der Waals surface area (Å²) in [4.78, 5) is 10.3. The Kier molecular flexibility index (Phi) is 3.47. The molecule has 0 fully saturated rings. The van der Waals surface area contributed by atoms with Gasteiger partial charge in [0.15, 0.2) is 5.82 Å². The van der Waals surface area contributed by atoms with E-state index in [1.807, 2.05) is 25.8 Å². The Balaban J connectivity index is 2.95. The van der Waals surface area contributed by atoms with Gasteiger partial charge in [-0.2, -0.15) is 4.98 Å². The lowest BCUT2D eigenvalue weighted by atomic mass is 10.0. The Labute approximate surface area is 90.3 Å². The standard InChI is InChI=1S/C10H18N4O/c1-10(2,7-11)14(3)8-5-12-6-9(13-8)15-4/h5-6H,7,11H2,1-4H3. The summed E-state index contributed by atoms with van der Waals surface area (Å²) in [6.45, 7) is 4.64. The molecule has 0 aliphatic carbocycles. The molecule has 0 bridgehead atoms. The van der Waals surface area contributed by atoms with Crippen LogP contribution in [-0.2, 0) is 0 Å². The maximum absolute atomic E-state index is 5.69. The second-order valence-electron chi connectivity index (χ2n) is 4.00. The number of likely N-dealkylation sites (N-methyl/N-ethyl adjacent to an activating group) is 1. The van der Waals surface area contributed by atoms with Crippen LogP contribution in [0.15, 0.2) is 12.4 Å². The minimum absolute atomic E-state index is 0.152. The smallest absolute Gasteiger partial charge is 0.233 e. The van der Waals surface area contributed by atoms with Crippen molar-refractivity contribution in [3.63, 3.8) is 0 Å². The van der Waals surface area contributed by atoms with Gasteiger partial charge in [0.05, 0.1) is 19.5 Å². The van der Waals surface area contributed by atoms with Crippen LogP contribution in [0.5, 0.6) is 5.88 Å². The van der Waals surface area contributed by atoms with Crippen molar-refractivity contribution >= 4 is 5.82 Å². The maximum atomic E-state index is 5.69. The fourth-order valence-electron chi connectivity index (χ4n) is 1.05. The first-order valence-electron chi connectivity index (χ1n) is 4.81. The predicted octanol–water partition coefficient (Wildman–Crippen LogP) is 0.659. The van der Waals surface area contributed by atoms with Crippen molar-refractivity contribution in [3.05, 3.63) is 12.4 Å². The Morgan fingerprint density at radius 3 is 2.67 bits per heavy atom. The Morgan fingerprint density at radius 2 is 2.13 bits per heavy atom. The molecule has 0 aliphatic rings. The summed E-state index contributed by atoms with van der Waals surface area (Å²) in [6.07, 6.45) is 3.27. The third-order valence-corrected chi connectivity index (χ3v) is 2.56. The van der Waals surface area contributed by atoms with Gasteiger partial charge in [-0.15, -0.1) is 0 Å². The lowest BCUT2D eigenvalue weighted by Gasteiger charge is -2.35. The molecule has 1 rings (SSSR count). The first-order valence-corrected chi connectivity index (χ1v) is 4.81. The monoisotopic (exact) mass is 210 g/mol. The maximum Gasteiger partial charge on any atom is 0.233 e. The summed E-state index contributed by atoms with van der Waals surface area (Å²) in [5, 5.41) is 0. The second-order valence-corrected chi connectivity index (χ2v) is 4.00. The number of anilines is 1. The second kappa shape index (κ2) is 4.44. The molecule has 0 unspecified atom stereocenters. The number of nitrogens with zero attached hydrogens (tertiary/aromatic N) is 3. The van der Waals surface area contributed by atoms with E-state index in [2.05, 4.69) is 9.97 Å². The molecule has 5 heteroatoms. The number of nitrogens with two attached hydrogens (primary N) is 1. The molecular weight excluding hydrogens is 192 g/mol. The molecule has 0 saturated carbocycles. The van der Waals surface area contributed by atoms with Gasteiger partial charge in [0.25, 0.3) is 0 Å². The number of rotatable bonds is 4. The van der Waals surface area contributed by atoms with Crippen LogP contribution in [0, 0.1) is 0 Å². The van der Waals surface area contributed by atoms with E-state index < -0.39 is 0 Å². The Hall–Kier alpha value is -1.36. The molecule has 0 spiro atoms. The fourth-order valence-corrected chi connectivity index (χ4v) is 1.05. The molecule has 1 aromatic rings. The predicted molar refractivity (Wildman–Crippen MR) is 60.1 cm³/mol. The van der Waals surface area contributed by atoms with Crippen LogP contribution in [-0.4, -0.2) is 36.2 Å². The average molecular weight is 210 g/mol. The van der Waals surface area contributed by atoms with Gasteiger partial charge in [-0.3, -0.25) is 4.98 Å². The molecule has 0 atom stereocenters. The topological polar surface area (TPSA) is 64.3 Å². The number of methoxy groups -OCH3 is 1. The summed E-state index contributed by atoms with van der Waals surface area (Å²) in [7, 11) is 3.51. The molecule has 0 aliphatic heterocycles. The van der Waals surface area contributed by atoms with Crippen molar-refractivity contribution < 1.29 is 4.74 Å². The summed E-state index contributed by atoms with van der Waals surface area (Å²) in [6, 6.07) is 0. The van der Waals surface area contributed by atoms with Crippen LogP contribution in [0.4, 0.5) is 5.82 Å². The molecule has 0 aromatic carbocycles. The van der Waals surface area contributed by atoms with E-state index in [0.717, 1.165) is 5.82 Å². The highest BCUT2D eigenvalue weighted by Gasteiger charge is 2.23. The van der Waals surface area contributed by atoms with Crippen LogP contribution >= 0.6 is 0 Å². The van der Waals surface area contributed by atoms with Crippen molar-refractivity contribution in [1.29, 1.82) is 0 Å². The van der Waals surface area contributed by atoms with Gasteiger partial charge in [-0.1, -0.05) is 0 Å². The number of hydrogen-bond donors (Lipinski definition) is 1. The fraction of sp³-hybridized carbons (Fsp3) is 0.600. The Bertz CT molecular complexity index is 327. The van der Waals surface area contributed by atoms with Gasteiger partial charge in [0.2, 0.25) is 5.88 Å². The van der Waals surface area contributed by atoms with Gasteiger partial charge in [0.1, 0.15) is 0 Å². The van der Waals surface area contributed by atoms with Gasteiger partial charge in [0, 0.05) is 19.1 Å². The molecule has 1 aromatic heterocycles. The number of ether oxygens (including phenoxy) is 1. The SMILES string of the molecule is COc1cncc(N(C)C(C)(C)CN)n1. The zero-order valence-electron chi connectivity index (χ0n) is 9.69. The third-order valence-electron chi connectivity index (χ3n) is 2.56. The van der Waals surface area contributed by atoms with E-state index >= 15 is 0 Å². The average Bonchev–Trinajstić information content (AvgIpc) is 2.28. The van der Waals surface area contributed by atoms with Gasteiger partial charge >= 0.3 is 0 Å². The van der Waals surface area contributed by atoms with Crippen molar-refractivity contribution in [1.82, 2.24) is 9.97 Å². The van der Waals surface area contributed by atoms with E-state index in [1.165, 1.54) is 0 Å². The zero-order valence-corrected chi connectivity index (χ0v) is 9.69. The van der Waals surface area contributed by atoms with E-state index in [1.54, 1.807) is 19.5 Å². The molecule has 0 radical (unpaired) electrons. The summed E-state index contributed by atoms with van der Waals surface area (Å²) in [5.74, 6) is 1.26. The summed E-state index contributed by atoms with van der Waals surface area (Å²) in [5.41, 5.74) is 5.54. The highest BCUT2D eigenvalue weighted by Crippen LogP contribution is 2.20. The minimum Gasteiger partial charge on any atom is -0.480 e. The number of hydrogen-bond acceptors (Lipinski definition) is 5. The third kappa shape index (κ3) is 2.56. The van der Waals surface area contributed by atoms with Crippen LogP contribution in [0.2, 0.25) is 0 Å². The van der Waals surface area contributed by atoms with Gasteiger partial charge in [-0.25, -0.2) is 0 Å². The zero-order chi connectivity index (χ0) is 11.5. The largest absolute Gasteiger partial charge is 0.480 e. The normalized spacial score (nSPS) is 11.3. The van der Waals surface area contributed by atoms with Crippen molar-refractivity contribution in [2.75, 3.05) is 25.6 Å². The van der Waals surface area contributed by atoms with Crippen molar-refractivity contribution in [3.8, 4) is 5.88 Å². The molecular formula is C10H18N4O. The molecule has 15 heavy (non-hydrogen) atoms. The van der Waals surface area contributed by atoms with E-state index in [9.17, 15) is 0 Å². The highest BCUT2D eigenvalue weighted by molar-refractivity contribution is 5.39. The lowest BCUT2D eigenvalue weighted by Crippen LogP contribution is -2.47. The Morgan fingerprint density at radius 1 is 1.47 bits per heavy atom. The molecule has 2 N–H and O–H groups in total. The first-order chi connectivity index (χ1) is 7.01. The molecule has 84 valence electrons. The number of aromatic nitrogens is 2. The highest BCUT2D eigenvalue weighted by atomic mass is 16.5. The van der Waals surface area contributed by atoms with Crippen LogP contribution in [0.1, 0.15) is 13.8 Å². The van der Waals surface area contributed by atoms with Crippen molar-refractivity contribution in [2.45, 2.75) is 19.4 Å². The molecule has 5 nitrogen and oxygen atoms in total. The van der Waals surface area contributed by atoms with Crippen LogP contribution < -0.4 is 15.4 Å². The minimum atomic E-state index is -0.152. The van der Waals surface area contributed by atoms with Gasteiger partial charge in [-0.05, 0) is 13.8 Å². The summed E-state index contributed by atoms with van der Waals surface area (Å²) >= 11 is 0. The molecule has 0 saturated heterocycles. The lowest BCUT2D eigenvalue weighted by molar-refractivity contribution is 0.394. The molecule has 0 amide bonds. The van der Waals surface area contributed by atoms with Crippen LogP contribution in [0.3, 0.4) is 0 Å². The van der Waals surface area contributed by atoms with E-state index in [4.69, 9.17) is 10.5 Å². The molecule has 1 heterocycles.